The molecule has 2 aliphatic rings. The Morgan fingerprint density at radius 1 is 1.25 bits per heavy atom. The number of hydrogen-bond donors (Lipinski definition) is 0. The lowest BCUT2D eigenvalue weighted by molar-refractivity contribution is 0.0658. The molecule has 5 heteroatoms. The van der Waals surface area contributed by atoms with Crippen molar-refractivity contribution in [3.05, 3.63) is 23.8 Å². The highest BCUT2D eigenvalue weighted by atomic mass is 16.2. The van der Waals surface area contributed by atoms with Crippen LogP contribution in [0.15, 0.2) is 12.3 Å². The van der Waals surface area contributed by atoms with E-state index < -0.39 is 0 Å². The number of likely N-dealkylation sites (N-methyl/N-ethyl adjacent to an activating group) is 1. The van der Waals surface area contributed by atoms with Crippen molar-refractivity contribution in [3.63, 3.8) is 0 Å². The second-order valence-electron chi connectivity index (χ2n) is 5.89. The molecule has 1 aromatic rings. The van der Waals surface area contributed by atoms with Gasteiger partial charge in [-0.2, -0.15) is 0 Å². The summed E-state index contributed by atoms with van der Waals surface area (Å²) in [6.45, 7) is 3.83. The van der Waals surface area contributed by atoms with E-state index in [0.717, 1.165) is 25.9 Å². The van der Waals surface area contributed by atoms with E-state index >= 15 is 0 Å². The summed E-state index contributed by atoms with van der Waals surface area (Å²) >= 11 is 0. The van der Waals surface area contributed by atoms with Crippen molar-refractivity contribution < 1.29 is 4.79 Å². The minimum atomic E-state index is 0.0679. The van der Waals surface area contributed by atoms with Gasteiger partial charge in [0, 0.05) is 24.8 Å². The highest BCUT2D eigenvalue weighted by molar-refractivity contribution is 5.92. The van der Waals surface area contributed by atoms with E-state index in [1.165, 1.54) is 12.8 Å². The van der Waals surface area contributed by atoms with Gasteiger partial charge in [0.1, 0.15) is 11.5 Å². The van der Waals surface area contributed by atoms with Crippen LogP contribution >= 0.6 is 0 Å². The zero-order valence-electron chi connectivity index (χ0n) is 12.2. The molecule has 0 aromatic carbocycles. The fourth-order valence-electron chi connectivity index (χ4n) is 3.59. The molecule has 3 heterocycles. The van der Waals surface area contributed by atoms with E-state index in [1.807, 2.05) is 11.8 Å². The average molecular weight is 274 g/mol. The fraction of sp³-hybridized carbons (Fsp3) is 0.667. The third kappa shape index (κ3) is 2.42. The van der Waals surface area contributed by atoms with Crippen LogP contribution in [0.2, 0.25) is 0 Å². The van der Waals surface area contributed by atoms with Gasteiger partial charge in [-0.25, -0.2) is 9.97 Å². The lowest BCUT2D eigenvalue weighted by atomic mass is 10.0. The van der Waals surface area contributed by atoms with Gasteiger partial charge in [-0.05, 0) is 52.3 Å². The number of carbonyl (C=O) groups excluding carboxylic acids is 1. The number of likely N-dealkylation sites (tertiary alicyclic amines) is 2. The summed E-state index contributed by atoms with van der Waals surface area (Å²) in [5, 5.41) is 0. The van der Waals surface area contributed by atoms with Crippen LogP contribution in [0.5, 0.6) is 0 Å². The molecule has 0 N–H and O–H groups in total. The first kappa shape index (κ1) is 13.5. The van der Waals surface area contributed by atoms with Crippen LogP contribution < -0.4 is 0 Å². The number of rotatable bonds is 2. The standard InChI is InChI=1S/C15H22N4O/c1-11-16-8-7-12(17-11)15(20)19-10-4-6-14(19)13-5-3-9-18(13)2/h7-8,13-14H,3-6,9-10H2,1-2H3/t13-,14-/m1/s1. The monoisotopic (exact) mass is 274 g/mol. The van der Waals surface area contributed by atoms with Crippen LogP contribution in [0, 0.1) is 6.92 Å². The Labute approximate surface area is 120 Å². The minimum absolute atomic E-state index is 0.0679. The van der Waals surface area contributed by atoms with E-state index in [0.29, 0.717) is 23.6 Å². The number of amides is 1. The van der Waals surface area contributed by atoms with Gasteiger partial charge in [-0.3, -0.25) is 4.79 Å². The normalized spacial score (nSPS) is 27.2. The molecular formula is C15H22N4O. The van der Waals surface area contributed by atoms with Crippen LogP contribution in [0.1, 0.15) is 42.0 Å². The molecule has 5 nitrogen and oxygen atoms in total. The number of aryl methyl sites for hydroxylation is 1. The zero-order valence-corrected chi connectivity index (χ0v) is 12.2. The van der Waals surface area contributed by atoms with Gasteiger partial charge in [0.2, 0.25) is 0 Å². The molecule has 2 atom stereocenters. The summed E-state index contributed by atoms with van der Waals surface area (Å²) in [7, 11) is 2.17. The summed E-state index contributed by atoms with van der Waals surface area (Å²) < 4.78 is 0. The van der Waals surface area contributed by atoms with Crippen LogP contribution in [-0.2, 0) is 0 Å². The highest BCUT2D eigenvalue weighted by Gasteiger charge is 2.38. The molecule has 0 unspecified atom stereocenters. The summed E-state index contributed by atoms with van der Waals surface area (Å²) in [6, 6.07) is 2.60. The molecule has 1 aromatic heterocycles. The van der Waals surface area contributed by atoms with E-state index in [1.54, 1.807) is 12.3 Å². The van der Waals surface area contributed by atoms with Crippen LogP contribution in [0.25, 0.3) is 0 Å². The third-order valence-electron chi connectivity index (χ3n) is 4.58. The Bertz CT molecular complexity index is 504. The number of carbonyl (C=O) groups is 1. The molecular weight excluding hydrogens is 252 g/mol. The first-order chi connectivity index (χ1) is 9.66. The summed E-state index contributed by atoms with van der Waals surface area (Å²) in [4.78, 5) is 25.5. The van der Waals surface area contributed by atoms with Gasteiger partial charge in [-0.1, -0.05) is 0 Å². The predicted octanol–water partition coefficient (Wildman–Crippen LogP) is 1.48. The maximum Gasteiger partial charge on any atom is 0.272 e. The van der Waals surface area contributed by atoms with Crippen molar-refractivity contribution in [2.75, 3.05) is 20.1 Å². The summed E-state index contributed by atoms with van der Waals surface area (Å²) in [5.41, 5.74) is 0.532. The Hall–Kier alpha value is -1.49. The van der Waals surface area contributed by atoms with Gasteiger partial charge >= 0.3 is 0 Å². The fourth-order valence-corrected chi connectivity index (χ4v) is 3.59. The first-order valence-electron chi connectivity index (χ1n) is 7.47. The maximum atomic E-state index is 12.7. The molecule has 0 aliphatic carbocycles. The SMILES string of the molecule is Cc1nccc(C(=O)N2CCC[C@@H]2[C@H]2CCCN2C)n1. The average Bonchev–Trinajstić information content (AvgIpc) is 3.06. The Morgan fingerprint density at radius 3 is 2.70 bits per heavy atom. The summed E-state index contributed by atoms with van der Waals surface area (Å²) in [5.74, 6) is 0.725. The molecule has 0 spiro atoms. The quantitative estimate of drug-likeness (QED) is 0.820. The van der Waals surface area contributed by atoms with Gasteiger partial charge in [0.25, 0.3) is 5.91 Å². The Morgan fingerprint density at radius 2 is 2.00 bits per heavy atom. The van der Waals surface area contributed by atoms with Crippen molar-refractivity contribution in [1.82, 2.24) is 19.8 Å². The molecule has 2 saturated heterocycles. The Balaban J connectivity index is 1.79. The topological polar surface area (TPSA) is 49.3 Å². The van der Waals surface area contributed by atoms with Crippen molar-refractivity contribution in [3.8, 4) is 0 Å². The van der Waals surface area contributed by atoms with E-state index in [-0.39, 0.29) is 5.91 Å². The minimum Gasteiger partial charge on any atom is -0.333 e. The van der Waals surface area contributed by atoms with Crippen LogP contribution in [0.4, 0.5) is 0 Å². The molecule has 1 amide bonds. The second kappa shape index (κ2) is 5.48. The molecule has 2 fully saturated rings. The molecule has 0 bridgehead atoms. The van der Waals surface area contributed by atoms with Crippen LogP contribution in [0.3, 0.4) is 0 Å². The summed E-state index contributed by atoms with van der Waals surface area (Å²) in [6.07, 6.45) is 6.33. The Kier molecular flexibility index (Phi) is 3.70. The largest absolute Gasteiger partial charge is 0.333 e. The first-order valence-corrected chi connectivity index (χ1v) is 7.47. The second-order valence-corrected chi connectivity index (χ2v) is 5.89. The number of aromatic nitrogens is 2. The number of nitrogens with zero attached hydrogens (tertiary/aromatic N) is 4. The van der Waals surface area contributed by atoms with E-state index in [9.17, 15) is 4.79 Å². The third-order valence-corrected chi connectivity index (χ3v) is 4.58. The molecule has 20 heavy (non-hydrogen) atoms. The maximum absolute atomic E-state index is 12.7. The van der Waals surface area contributed by atoms with Crippen molar-refractivity contribution in [1.29, 1.82) is 0 Å². The zero-order chi connectivity index (χ0) is 14.1. The van der Waals surface area contributed by atoms with Gasteiger partial charge in [-0.15, -0.1) is 0 Å². The van der Waals surface area contributed by atoms with E-state index in [4.69, 9.17) is 0 Å². The van der Waals surface area contributed by atoms with Crippen LogP contribution in [-0.4, -0.2) is 57.9 Å². The van der Waals surface area contributed by atoms with Crippen molar-refractivity contribution in [2.45, 2.75) is 44.7 Å². The molecule has 2 aliphatic heterocycles. The number of hydrogen-bond acceptors (Lipinski definition) is 4. The molecule has 0 saturated carbocycles. The van der Waals surface area contributed by atoms with Crippen molar-refractivity contribution >= 4 is 5.91 Å². The molecule has 108 valence electrons. The van der Waals surface area contributed by atoms with Gasteiger partial charge in [0.15, 0.2) is 0 Å². The molecule has 3 rings (SSSR count). The lowest BCUT2D eigenvalue weighted by Gasteiger charge is -2.33. The molecule has 0 radical (unpaired) electrons. The van der Waals surface area contributed by atoms with Gasteiger partial charge in [0.05, 0.1) is 0 Å². The smallest absolute Gasteiger partial charge is 0.272 e. The van der Waals surface area contributed by atoms with Crippen molar-refractivity contribution in [2.24, 2.45) is 0 Å². The van der Waals surface area contributed by atoms with E-state index in [2.05, 4.69) is 21.9 Å². The highest BCUT2D eigenvalue weighted by Crippen LogP contribution is 2.29. The van der Waals surface area contributed by atoms with Gasteiger partial charge < -0.3 is 9.80 Å². The predicted molar refractivity (Wildman–Crippen MR) is 76.5 cm³/mol. The lowest BCUT2D eigenvalue weighted by Crippen LogP contribution is -2.47.